The molecule has 0 aliphatic rings. The molecule has 0 saturated carbocycles. The number of rotatable bonds is 4. The van der Waals surface area contributed by atoms with Gasteiger partial charge in [-0.3, -0.25) is 4.57 Å². The average Bonchev–Trinajstić information content (AvgIpc) is 3.23. The fraction of sp³-hybridized carbons (Fsp3) is 0.250. The molecule has 4 rings (SSSR count). The molecule has 0 unspecified atom stereocenters. The van der Waals surface area contributed by atoms with Crippen molar-refractivity contribution in [1.29, 1.82) is 0 Å². The topological polar surface area (TPSA) is 66.5 Å². The fourth-order valence-electron chi connectivity index (χ4n) is 3.35. The van der Waals surface area contributed by atoms with Crippen molar-refractivity contribution >= 4 is 5.65 Å². The van der Waals surface area contributed by atoms with Crippen LogP contribution in [0.3, 0.4) is 0 Å². The summed E-state index contributed by atoms with van der Waals surface area (Å²) in [6, 6.07) is 7.85. The molecule has 0 saturated heterocycles. The van der Waals surface area contributed by atoms with Crippen LogP contribution in [0.15, 0.2) is 36.7 Å². The molecule has 0 spiro atoms. The van der Waals surface area contributed by atoms with Crippen LogP contribution in [0.4, 0.5) is 0 Å². The van der Waals surface area contributed by atoms with Gasteiger partial charge in [-0.15, -0.1) is 0 Å². The minimum atomic E-state index is 0.673. The number of benzene rings is 1. The van der Waals surface area contributed by atoms with E-state index >= 15 is 0 Å². The van der Waals surface area contributed by atoms with E-state index in [1.807, 2.05) is 60.3 Å². The first-order chi connectivity index (χ1) is 13.0. The Morgan fingerprint density at radius 3 is 2.41 bits per heavy atom. The Labute approximate surface area is 157 Å². The lowest BCUT2D eigenvalue weighted by Crippen LogP contribution is -2.06. The summed E-state index contributed by atoms with van der Waals surface area (Å²) in [6.45, 7) is 5.93. The quantitative estimate of drug-likeness (QED) is 0.555. The Morgan fingerprint density at radius 2 is 1.74 bits per heavy atom. The van der Waals surface area contributed by atoms with Crippen molar-refractivity contribution in [3.63, 3.8) is 0 Å². The SMILES string of the molecule is COc1ccc(-c2c(C)nn3c(-n4ccnc4C)cc(C)nc23)cc1OC. The normalized spacial score (nSPS) is 11.1. The highest BCUT2D eigenvalue weighted by molar-refractivity contribution is 5.81. The van der Waals surface area contributed by atoms with Gasteiger partial charge in [0.1, 0.15) is 11.6 Å². The van der Waals surface area contributed by atoms with Gasteiger partial charge in [0.25, 0.3) is 0 Å². The van der Waals surface area contributed by atoms with Gasteiger partial charge in [-0.2, -0.15) is 9.61 Å². The molecule has 3 heterocycles. The summed E-state index contributed by atoms with van der Waals surface area (Å²) in [7, 11) is 3.26. The van der Waals surface area contributed by atoms with Crippen molar-refractivity contribution in [3.8, 4) is 28.4 Å². The highest BCUT2D eigenvalue weighted by Crippen LogP contribution is 2.35. The standard InChI is InChI=1S/C20H21N5O2/c1-12-10-18(24-9-8-21-14(24)3)25-20(22-12)19(13(2)23-25)15-6-7-16(26-4)17(11-15)27-5/h6-11H,1-5H3. The van der Waals surface area contributed by atoms with Crippen LogP contribution in [0.2, 0.25) is 0 Å². The third-order valence-corrected chi connectivity index (χ3v) is 4.62. The van der Waals surface area contributed by atoms with Gasteiger partial charge >= 0.3 is 0 Å². The predicted molar refractivity (Wildman–Crippen MR) is 103 cm³/mol. The van der Waals surface area contributed by atoms with Gasteiger partial charge in [-0.25, -0.2) is 9.97 Å². The molecule has 0 aliphatic carbocycles. The Hall–Kier alpha value is -3.35. The first kappa shape index (κ1) is 17.1. The van der Waals surface area contributed by atoms with Crippen molar-refractivity contribution < 1.29 is 9.47 Å². The first-order valence-corrected chi connectivity index (χ1v) is 8.63. The maximum atomic E-state index is 5.46. The van der Waals surface area contributed by atoms with Gasteiger partial charge in [-0.05, 0) is 38.5 Å². The number of hydrogen-bond acceptors (Lipinski definition) is 5. The van der Waals surface area contributed by atoms with E-state index in [1.54, 1.807) is 20.4 Å². The molecule has 27 heavy (non-hydrogen) atoms. The van der Waals surface area contributed by atoms with Crippen molar-refractivity contribution in [3.05, 3.63) is 53.9 Å². The molecule has 7 heteroatoms. The van der Waals surface area contributed by atoms with E-state index in [0.29, 0.717) is 11.5 Å². The Balaban J connectivity index is 2.00. The van der Waals surface area contributed by atoms with Crippen LogP contribution in [0.5, 0.6) is 11.5 Å². The number of imidazole rings is 1. The van der Waals surface area contributed by atoms with Crippen LogP contribution in [0.25, 0.3) is 22.6 Å². The zero-order chi connectivity index (χ0) is 19.1. The zero-order valence-electron chi connectivity index (χ0n) is 16.0. The third kappa shape index (κ3) is 2.71. The Bertz CT molecular complexity index is 1140. The predicted octanol–water partition coefficient (Wildman–Crippen LogP) is 3.52. The number of methoxy groups -OCH3 is 2. The van der Waals surface area contributed by atoms with Crippen LogP contribution >= 0.6 is 0 Å². The lowest BCUT2D eigenvalue weighted by molar-refractivity contribution is 0.355. The molecule has 3 aromatic heterocycles. The molecule has 4 aromatic rings. The van der Waals surface area contributed by atoms with E-state index in [9.17, 15) is 0 Å². The average molecular weight is 363 g/mol. The number of nitrogens with zero attached hydrogens (tertiary/aromatic N) is 5. The maximum Gasteiger partial charge on any atom is 0.165 e. The summed E-state index contributed by atoms with van der Waals surface area (Å²) < 4.78 is 14.7. The molecule has 7 nitrogen and oxygen atoms in total. The van der Waals surface area contributed by atoms with Gasteiger partial charge in [0, 0.05) is 29.7 Å². The molecule has 0 amide bonds. The molecule has 0 atom stereocenters. The van der Waals surface area contributed by atoms with E-state index < -0.39 is 0 Å². The smallest absolute Gasteiger partial charge is 0.165 e. The van der Waals surface area contributed by atoms with Gasteiger partial charge in [0.2, 0.25) is 0 Å². The second kappa shape index (κ2) is 6.42. The monoisotopic (exact) mass is 363 g/mol. The summed E-state index contributed by atoms with van der Waals surface area (Å²) in [6.07, 6.45) is 3.71. The molecule has 0 bridgehead atoms. The van der Waals surface area contributed by atoms with E-state index in [0.717, 1.165) is 39.8 Å². The largest absolute Gasteiger partial charge is 0.493 e. The second-order valence-electron chi connectivity index (χ2n) is 6.37. The van der Waals surface area contributed by atoms with Crippen LogP contribution < -0.4 is 9.47 Å². The summed E-state index contributed by atoms with van der Waals surface area (Å²) >= 11 is 0. The number of aryl methyl sites for hydroxylation is 3. The molecule has 1 aromatic carbocycles. The fourth-order valence-corrected chi connectivity index (χ4v) is 3.35. The lowest BCUT2D eigenvalue weighted by Gasteiger charge is -2.11. The summed E-state index contributed by atoms with van der Waals surface area (Å²) in [4.78, 5) is 9.10. The van der Waals surface area contributed by atoms with Crippen molar-refractivity contribution in [2.45, 2.75) is 20.8 Å². The number of fused-ring (bicyclic) bond motifs is 1. The third-order valence-electron chi connectivity index (χ3n) is 4.62. The molecular weight excluding hydrogens is 342 g/mol. The van der Waals surface area contributed by atoms with Crippen LogP contribution in [0, 0.1) is 20.8 Å². The van der Waals surface area contributed by atoms with Crippen molar-refractivity contribution in [2.24, 2.45) is 0 Å². The van der Waals surface area contributed by atoms with Gasteiger partial charge in [0.15, 0.2) is 17.1 Å². The molecule has 0 fully saturated rings. The lowest BCUT2D eigenvalue weighted by atomic mass is 10.1. The Morgan fingerprint density at radius 1 is 0.963 bits per heavy atom. The van der Waals surface area contributed by atoms with Crippen LogP contribution in [-0.4, -0.2) is 38.4 Å². The molecule has 138 valence electrons. The molecule has 0 radical (unpaired) electrons. The van der Waals surface area contributed by atoms with Crippen molar-refractivity contribution in [2.75, 3.05) is 14.2 Å². The maximum absolute atomic E-state index is 5.46. The summed E-state index contributed by atoms with van der Waals surface area (Å²) in [5, 5.41) is 4.76. The van der Waals surface area contributed by atoms with Gasteiger partial charge < -0.3 is 9.47 Å². The minimum Gasteiger partial charge on any atom is -0.493 e. The van der Waals surface area contributed by atoms with E-state index in [4.69, 9.17) is 19.6 Å². The molecular formula is C20H21N5O2. The second-order valence-corrected chi connectivity index (χ2v) is 6.37. The number of ether oxygens (including phenoxy) is 2. The molecule has 0 aliphatic heterocycles. The van der Waals surface area contributed by atoms with E-state index in [2.05, 4.69) is 4.98 Å². The number of aromatic nitrogens is 5. The zero-order valence-corrected chi connectivity index (χ0v) is 16.0. The number of hydrogen-bond donors (Lipinski definition) is 0. The van der Waals surface area contributed by atoms with Crippen LogP contribution in [-0.2, 0) is 0 Å². The highest BCUT2D eigenvalue weighted by atomic mass is 16.5. The molecule has 0 N–H and O–H groups in total. The van der Waals surface area contributed by atoms with E-state index in [1.165, 1.54) is 0 Å². The van der Waals surface area contributed by atoms with Gasteiger partial charge in [-0.1, -0.05) is 6.07 Å². The van der Waals surface area contributed by atoms with Crippen LogP contribution in [0.1, 0.15) is 17.2 Å². The summed E-state index contributed by atoms with van der Waals surface area (Å²) in [5.74, 6) is 3.16. The van der Waals surface area contributed by atoms with Crippen molar-refractivity contribution in [1.82, 2.24) is 24.1 Å². The van der Waals surface area contributed by atoms with Gasteiger partial charge in [0.05, 0.1) is 19.9 Å². The summed E-state index contributed by atoms with van der Waals surface area (Å²) in [5.41, 5.74) is 4.54. The highest BCUT2D eigenvalue weighted by Gasteiger charge is 2.18. The Kier molecular flexibility index (Phi) is 4.07. The first-order valence-electron chi connectivity index (χ1n) is 8.63. The van der Waals surface area contributed by atoms with E-state index in [-0.39, 0.29) is 0 Å². The minimum absolute atomic E-state index is 0.673.